The summed E-state index contributed by atoms with van der Waals surface area (Å²) in [6.45, 7) is 2.04. The van der Waals surface area contributed by atoms with Crippen molar-refractivity contribution in [2.45, 2.75) is 22.7 Å². The lowest BCUT2D eigenvalue weighted by Crippen LogP contribution is -1.93. The third-order valence-electron chi connectivity index (χ3n) is 1.96. The van der Waals surface area contributed by atoms with Crippen molar-refractivity contribution in [3.63, 3.8) is 0 Å². The van der Waals surface area contributed by atoms with Gasteiger partial charge in [-0.3, -0.25) is 4.68 Å². The highest BCUT2D eigenvalue weighted by Gasteiger charge is 2.14. The topological polar surface area (TPSA) is 69.6 Å². The van der Waals surface area contributed by atoms with Crippen LogP contribution in [0.3, 0.4) is 0 Å². The van der Waals surface area contributed by atoms with Crippen molar-refractivity contribution in [1.82, 2.24) is 20.0 Å². The van der Waals surface area contributed by atoms with E-state index in [0.717, 1.165) is 27.2 Å². The molecule has 2 rings (SSSR count). The van der Waals surface area contributed by atoms with Crippen LogP contribution in [0.25, 0.3) is 0 Å². The van der Waals surface area contributed by atoms with E-state index in [-0.39, 0.29) is 0 Å². The number of aromatic nitrogens is 4. The van der Waals surface area contributed by atoms with Crippen molar-refractivity contribution < 1.29 is 0 Å². The molecule has 0 aliphatic heterocycles. The van der Waals surface area contributed by atoms with Gasteiger partial charge in [0, 0.05) is 7.05 Å². The summed E-state index contributed by atoms with van der Waals surface area (Å²) in [7, 11) is 1.89. The Kier molecular flexibility index (Phi) is 2.92. The van der Waals surface area contributed by atoms with Crippen LogP contribution in [0.2, 0.25) is 0 Å². The van der Waals surface area contributed by atoms with E-state index in [0.29, 0.717) is 0 Å². The fourth-order valence-corrected chi connectivity index (χ4v) is 2.74. The summed E-state index contributed by atoms with van der Waals surface area (Å²) in [5.41, 5.74) is 9.37. The molecule has 5 nitrogen and oxygen atoms in total. The van der Waals surface area contributed by atoms with Gasteiger partial charge in [0.05, 0.1) is 11.4 Å². The SMILES string of the molecule is CCc1nn(C)c(Sc2nncs2)c1N. The zero-order valence-electron chi connectivity index (χ0n) is 8.47. The van der Waals surface area contributed by atoms with Gasteiger partial charge in [-0.2, -0.15) is 5.10 Å². The maximum Gasteiger partial charge on any atom is 0.180 e. The molecule has 0 aliphatic rings. The fraction of sp³-hybridized carbons (Fsp3) is 0.375. The Morgan fingerprint density at radius 3 is 2.93 bits per heavy atom. The second kappa shape index (κ2) is 4.19. The highest BCUT2D eigenvalue weighted by molar-refractivity contribution is 8.01. The molecule has 0 amide bonds. The second-order valence-electron chi connectivity index (χ2n) is 2.95. The van der Waals surface area contributed by atoms with Crippen molar-refractivity contribution in [1.29, 1.82) is 0 Å². The molecule has 15 heavy (non-hydrogen) atoms. The first-order valence-electron chi connectivity index (χ1n) is 4.47. The highest BCUT2D eigenvalue weighted by atomic mass is 32.2. The Morgan fingerprint density at radius 1 is 1.60 bits per heavy atom. The van der Waals surface area contributed by atoms with E-state index in [4.69, 9.17) is 5.73 Å². The molecule has 2 N–H and O–H groups in total. The van der Waals surface area contributed by atoms with Crippen molar-refractivity contribution in [3.05, 3.63) is 11.2 Å². The van der Waals surface area contributed by atoms with Crippen LogP contribution in [0.15, 0.2) is 14.9 Å². The van der Waals surface area contributed by atoms with E-state index in [9.17, 15) is 0 Å². The molecule has 80 valence electrons. The lowest BCUT2D eigenvalue weighted by molar-refractivity contribution is 0.687. The van der Waals surface area contributed by atoms with Crippen molar-refractivity contribution in [2.24, 2.45) is 7.05 Å². The number of aryl methyl sites for hydroxylation is 2. The summed E-state index contributed by atoms with van der Waals surface area (Å²) >= 11 is 3.00. The number of hydrogen-bond donors (Lipinski definition) is 1. The number of hydrogen-bond acceptors (Lipinski definition) is 6. The van der Waals surface area contributed by atoms with Gasteiger partial charge in [-0.25, -0.2) is 0 Å². The summed E-state index contributed by atoms with van der Waals surface area (Å²) in [4.78, 5) is 0. The van der Waals surface area contributed by atoms with Gasteiger partial charge in [-0.1, -0.05) is 18.3 Å². The van der Waals surface area contributed by atoms with Crippen molar-refractivity contribution >= 4 is 28.8 Å². The first-order valence-corrected chi connectivity index (χ1v) is 6.17. The molecule has 7 heteroatoms. The predicted molar refractivity (Wildman–Crippen MR) is 61.0 cm³/mol. The number of rotatable bonds is 3. The van der Waals surface area contributed by atoms with Gasteiger partial charge in [-0.05, 0) is 18.2 Å². The standard InChI is InChI=1S/C8H11N5S2/c1-3-5-6(9)7(13(2)12-5)15-8-11-10-4-14-8/h4H,3,9H2,1-2H3. The van der Waals surface area contributed by atoms with Crippen LogP contribution in [-0.2, 0) is 13.5 Å². The average Bonchev–Trinajstić information content (AvgIpc) is 2.81. The molecule has 0 atom stereocenters. The lowest BCUT2D eigenvalue weighted by atomic mass is 10.3. The first-order chi connectivity index (χ1) is 7.22. The Bertz CT molecular complexity index is 448. The molecular weight excluding hydrogens is 230 g/mol. The monoisotopic (exact) mass is 241 g/mol. The highest BCUT2D eigenvalue weighted by Crippen LogP contribution is 2.33. The minimum atomic E-state index is 0.750. The second-order valence-corrected chi connectivity index (χ2v) is 5.02. The van der Waals surface area contributed by atoms with Gasteiger partial charge in [0.15, 0.2) is 4.34 Å². The lowest BCUT2D eigenvalue weighted by Gasteiger charge is -1.98. The maximum absolute atomic E-state index is 5.98. The Labute approximate surface area is 95.7 Å². The molecule has 0 spiro atoms. The minimum Gasteiger partial charge on any atom is -0.395 e. The van der Waals surface area contributed by atoms with Crippen molar-refractivity contribution in [2.75, 3.05) is 5.73 Å². The van der Waals surface area contributed by atoms with Gasteiger partial charge in [0.2, 0.25) is 0 Å². The van der Waals surface area contributed by atoms with Crippen LogP contribution >= 0.6 is 23.1 Å². The van der Waals surface area contributed by atoms with E-state index in [1.807, 2.05) is 14.0 Å². The van der Waals surface area contributed by atoms with E-state index in [2.05, 4.69) is 15.3 Å². The molecule has 2 heterocycles. The van der Waals surface area contributed by atoms with Gasteiger partial charge >= 0.3 is 0 Å². The molecule has 0 fully saturated rings. The van der Waals surface area contributed by atoms with Crippen LogP contribution < -0.4 is 5.73 Å². The summed E-state index contributed by atoms with van der Waals surface area (Å²) in [5.74, 6) is 0. The minimum absolute atomic E-state index is 0.750. The Hall–Kier alpha value is -1.08. The molecule has 0 saturated carbocycles. The number of anilines is 1. The van der Waals surface area contributed by atoms with Crippen LogP contribution in [0.1, 0.15) is 12.6 Å². The van der Waals surface area contributed by atoms with Gasteiger partial charge < -0.3 is 5.73 Å². The predicted octanol–water partition coefficient (Wildman–Crippen LogP) is 1.57. The zero-order valence-corrected chi connectivity index (χ0v) is 10.1. The number of nitrogen functional groups attached to an aromatic ring is 1. The summed E-state index contributed by atoms with van der Waals surface area (Å²) in [6.07, 6.45) is 0.844. The summed E-state index contributed by atoms with van der Waals surface area (Å²) < 4.78 is 2.67. The van der Waals surface area contributed by atoms with Crippen LogP contribution in [0, 0.1) is 0 Å². The van der Waals surface area contributed by atoms with Crippen LogP contribution in [-0.4, -0.2) is 20.0 Å². The first kappa shape index (κ1) is 10.4. The Morgan fingerprint density at radius 2 is 2.40 bits per heavy atom. The van der Waals surface area contributed by atoms with Gasteiger partial charge in [0.1, 0.15) is 10.5 Å². The van der Waals surface area contributed by atoms with Gasteiger partial charge in [-0.15, -0.1) is 10.2 Å². The number of nitrogens with two attached hydrogens (primary N) is 1. The molecular formula is C8H11N5S2. The molecule has 2 aromatic rings. The van der Waals surface area contributed by atoms with E-state index < -0.39 is 0 Å². The molecule has 0 saturated heterocycles. The molecule has 0 unspecified atom stereocenters. The normalized spacial score (nSPS) is 10.8. The molecule has 0 radical (unpaired) electrons. The van der Waals surface area contributed by atoms with Gasteiger partial charge in [0.25, 0.3) is 0 Å². The third-order valence-corrected chi connectivity index (χ3v) is 3.92. The molecule has 0 bridgehead atoms. The zero-order chi connectivity index (χ0) is 10.8. The molecule has 0 aromatic carbocycles. The Balaban J connectivity index is 2.32. The average molecular weight is 241 g/mol. The summed E-state index contributed by atoms with van der Waals surface area (Å²) in [5, 5.41) is 13.0. The van der Waals surface area contributed by atoms with Crippen molar-refractivity contribution in [3.8, 4) is 0 Å². The molecule has 0 aliphatic carbocycles. The maximum atomic E-state index is 5.98. The summed E-state index contributed by atoms with van der Waals surface area (Å²) in [6, 6.07) is 0. The van der Waals surface area contributed by atoms with E-state index in [1.165, 1.54) is 23.1 Å². The van der Waals surface area contributed by atoms with Crippen LogP contribution in [0.4, 0.5) is 5.69 Å². The number of nitrogens with zero attached hydrogens (tertiary/aromatic N) is 4. The van der Waals surface area contributed by atoms with E-state index >= 15 is 0 Å². The smallest absolute Gasteiger partial charge is 0.180 e. The molecule has 2 aromatic heterocycles. The largest absolute Gasteiger partial charge is 0.395 e. The van der Waals surface area contributed by atoms with E-state index in [1.54, 1.807) is 10.2 Å². The fourth-order valence-electron chi connectivity index (χ4n) is 1.25. The third kappa shape index (κ3) is 1.98. The quantitative estimate of drug-likeness (QED) is 0.883. The van der Waals surface area contributed by atoms with Crippen LogP contribution in [0.5, 0.6) is 0 Å².